The van der Waals surface area contributed by atoms with Crippen LogP contribution in [0.4, 0.5) is 34.1 Å². The van der Waals surface area contributed by atoms with Gasteiger partial charge in [-0.15, -0.1) is 0 Å². The lowest BCUT2D eigenvalue weighted by molar-refractivity contribution is -0.116. The number of carbonyl (C=O) groups excluding carboxylic acids is 2. The average Bonchev–Trinajstić information content (AvgIpc) is 2.87. The van der Waals surface area contributed by atoms with Gasteiger partial charge in [0.1, 0.15) is 0 Å². The van der Waals surface area contributed by atoms with E-state index >= 15 is 0 Å². The second-order valence-corrected chi connectivity index (χ2v) is 9.19. The Morgan fingerprint density at radius 3 is 2.66 bits per heavy atom. The molecule has 0 fully saturated rings. The Hall–Kier alpha value is -3.44. The average molecular weight is 445 g/mol. The third-order valence-electron chi connectivity index (χ3n) is 6.14. The molecule has 2 aliphatic rings. The third-order valence-corrected chi connectivity index (χ3v) is 7.14. The van der Waals surface area contributed by atoms with Crippen molar-refractivity contribution in [2.45, 2.75) is 19.8 Å². The minimum absolute atomic E-state index is 0.0351. The molecule has 0 saturated carbocycles. The Labute approximate surface area is 188 Å². The van der Waals surface area contributed by atoms with Crippen LogP contribution in [0.2, 0.25) is 0 Å². The van der Waals surface area contributed by atoms with Gasteiger partial charge >= 0.3 is 0 Å². The van der Waals surface area contributed by atoms with E-state index in [1.54, 1.807) is 11.9 Å². The van der Waals surface area contributed by atoms with Crippen molar-refractivity contribution in [2.24, 2.45) is 0 Å². The molecule has 2 aromatic carbocycles. The van der Waals surface area contributed by atoms with E-state index in [2.05, 4.69) is 16.3 Å². The highest BCUT2D eigenvalue weighted by Crippen LogP contribution is 2.43. The van der Waals surface area contributed by atoms with E-state index in [0.29, 0.717) is 12.0 Å². The number of hydrogen-bond acceptors (Lipinski definition) is 5. The quantitative estimate of drug-likeness (QED) is 0.603. The minimum atomic E-state index is -0.0351. The molecule has 7 nitrogen and oxygen atoms in total. The Balaban J connectivity index is 1.56. The molecule has 0 aliphatic carbocycles. The number of carbonyl (C=O) groups is 2. The SMILES string of the molecule is Cc1ccc2c(c1)N(C)c1nc(N(C)c3ccc4c(c3)CCC(=O)N4)pcc1N(C)C2=O. The fraction of sp³-hybridized carbons (Fsp3) is 0.250. The number of nitrogens with one attached hydrogen (secondary N) is 1. The van der Waals surface area contributed by atoms with Crippen molar-refractivity contribution in [3.8, 4) is 0 Å². The summed E-state index contributed by atoms with van der Waals surface area (Å²) in [6.45, 7) is 2.02. The first kappa shape index (κ1) is 20.5. The fourth-order valence-electron chi connectivity index (χ4n) is 4.20. The van der Waals surface area contributed by atoms with Crippen molar-refractivity contribution >= 4 is 54.1 Å². The molecule has 2 aliphatic heterocycles. The van der Waals surface area contributed by atoms with Gasteiger partial charge in [0, 0.05) is 38.9 Å². The van der Waals surface area contributed by atoms with E-state index in [4.69, 9.17) is 4.98 Å². The number of nitrogens with zero attached hydrogens (tertiary/aromatic N) is 4. The van der Waals surface area contributed by atoms with Gasteiger partial charge in [0.05, 0.1) is 16.9 Å². The summed E-state index contributed by atoms with van der Waals surface area (Å²) in [5.41, 5.74) is 7.32. The lowest BCUT2D eigenvalue weighted by Crippen LogP contribution is -2.25. The van der Waals surface area contributed by atoms with Crippen LogP contribution < -0.4 is 20.0 Å². The van der Waals surface area contributed by atoms with E-state index in [1.807, 2.05) is 62.0 Å². The smallest absolute Gasteiger partial charge is 0.260 e. The van der Waals surface area contributed by atoms with Crippen molar-refractivity contribution < 1.29 is 9.59 Å². The molecule has 162 valence electrons. The lowest BCUT2D eigenvalue weighted by Gasteiger charge is -2.25. The number of benzene rings is 2. The maximum atomic E-state index is 13.1. The second-order valence-electron chi connectivity index (χ2n) is 8.27. The summed E-state index contributed by atoms with van der Waals surface area (Å²) in [5, 5.41) is 2.93. The van der Waals surface area contributed by atoms with Crippen LogP contribution in [0.15, 0.2) is 42.2 Å². The topological polar surface area (TPSA) is 68.8 Å². The molecule has 0 spiro atoms. The highest BCUT2D eigenvalue weighted by molar-refractivity contribution is 7.33. The summed E-state index contributed by atoms with van der Waals surface area (Å²) in [6.07, 6.45) is 1.24. The fourth-order valence-corrected chi connectivity index (χ4v) is 5.17. The number of amides is 2. The third kappa shape index (κ3) is 3.30. The molecule has 0 saturated heterocycles. The van der Waals surface area contributed by atoms with Crippen molar-refractivity contribution in [2.75, 3.05) is 41.2 Å². The molecule has 2 amide bonds. The Morgan fingerprint density at radius 2 is 1.84 bits per heavy atom. The van der Waals surface area contributed by atoms with Gasteiger partial charge in [-0.2, -0.15) is 0 Å². The van der Waals surface area contributed by atoms with E-state index in [1.165, 1.54) is 0 Å². The van der Waals surface area contributed by atoms with Crippen molar-refractivity contribution in [3.63, 3.8) is 0 Å². The predicted octanol–water partition coefficient (Wildman–Crippen LogP) is 4.98. The molecule has 0 radical (unpaired) electrons. The summed E-state index contributed by atoms with van der Waals surface area (Å²) < 4.78 is 0. The molecular weight excluding hydrogens is 421 g/mol. The Kier molecular flexibility index (Phi) is 4.86. The molecule has 1 N–H and O–H groups in total. The summed E-state index contributed by atoms with van der Waals surface area (Å²) in [4.78, 5) is 35.5. The zero-order valence-corrected chi connectivity index (χ0v) is 19.4. The minimum Gasteiger partial charge on any atom is -0.327 e. The zero-order chi connectivity index (χ0) is 22.6. The predicted molar refractivity (Wildman–Crippen MR) is 130 cm³/mol. The Morgan fingerprint density at radius 1 is 1.03 bits per heavy atom. The molecule has 8 heteroatoms. The number of hydrogen-bond donors (Lipinski definition) is 1. The number of anilines is 6. The van der Waals surface area contributed by atoms with Crippen LogP contribution in [0.3, 0.4) is 0 Å². The first-order valence-corrected chi connectivity index (χ1v) is 11.5. The monoisotopic (exact) mass is 445 g/mol. The lowest BCUT2D eigenvalue weighted by atomic mass is 10.0. The van der Waals surface area contributed by atoms with Gasteiger partial charge in [-0.05, 0) is 68.8 Å². The molecular formula is C24H24N5O2P. The molecule has 32 heavy (non-hydrogen) atoms. The highest BCUT2D eigenvalue weighted by Gasteiger charge is 2.29. The second kappa shape index (κ2) is 7.61. The van der Waals surface area contributed by atoms with Crippen LogP contribution >= 0.6 is 8.19 Å². The normalized spacial score (nSPS) is 15.1. The van der Waals surface area contributed by atoms with Gasteiger partial charge in [-0.25, -0.2) is 4.98 Å². The largest absolute Gasteiger partial charge is 0.327 e. The Bertz CT molecular complexity index is 1280. The summed E-state index contributed by atoms with van der Waals surface area (Å²) >= 11 is 0. The number of fused-ring (bicyclic) bond motifs is 3. The molecule has 5 rings (SSSR count). The summed E-state index contributed by atoms with van der Waals surface area (Å²) in [7, 11) is 6.66. The van der Waals surface area contributed by atoms with Crippen LogP contribution in [-0.2, 0) is 11.2 Å². The van der Waals surface area contributed by atoms with Crippen LogP contribution in [0.1, 0.15) is 27.9 Å². The van der Waals surface area contributed by atoms with Gasteiger partial charge in [0.2, 0.25) is 5.91 Å². The van der Waals surface area contributed by atoms with E-state index in [9.17, 15) is 9.59 Å². The van der Waals surface area contributed by atoms with Gasteiger partial charge in [0.25, 0.3) is 5.91 Å². The van der Waals surface area contributed by atoms with Crippen molar-refractivity contribution in [1.29, 1.82) is 0 Å². The molecule has 1 aromatic heterocycles. The molecule has 3 heterocycles. The number of aryl methyl sites for hydroxylation is 2. The summed E-state index contributed by atoms with van der Waals surface area (Å²) in [6, 6.07) is 11.9. The van der Waals surface area contributed by atoms with E-state index < -0.39 is 0 Å². The van der Waals surface area contributed by atoms with Gasteiger partial charge < -0.3 is 20.0 Å². The maximum absolute atomic E-state index is 13.1. The molecule has 0 bridgehead atoms. The number of aromatic nitrogens is 1. The first-order chi connectivity index (χ1) is 15.3. The van der Waals surface area contributed by atoms with Crippen molar-refractivity contribution in [1.82, 2.24) is 4.98 Å². The standard InChI is InChI=1S/C24H24N5O2P/c1-14-5-8-17-19(11-14)28(3)22-20(29(4)23(17)31)13-32-24(26-22)27(2)16-7-9-18-15(12-16)6-10-21(30)25-18/h5,7-9,11-13H,6,10H2,1-4H3,(H,25,30). The maximum Gasteiger partial charge on any atom is 0.260 e. The van der Waals surface area contributed by atoms with Gasteiger partial charge in [-0.3, -0.25) is 9.59 Å². The number of rotatable bonds is 2. The molecule has 0 unspecified atom stereocenters. The van der Waals surface area contributed by atoms with Crippen LogP contribution in [0.5, 0.6) is 0 Å². The van der Waals surface area contributed by atoms with Gasteiger partial charge in [0.15, 0.2) is 11.4 Å². The van der Waals surface area contributed by atoms with Crippen LogP contribution in [0, 0.1) is 6.92 Å². The molecule has 0 atom stereocenters. The zero-order valence-electron chi connectivity index (χ0n) is 18.5. The molecule has 3 aromatic rings. The highest BCUT2D eigenvalue weighted by atomic mass is 31.0. The van der Waals surface area contributed by atoms with Crippen LogP contribution in [0.25, 0.3) is 0 Å². The van der Waals surface area contributed by atoms with Crippen molar-refractivity contribution in [3.05, 3.63) is 58.9 Å². The first-order valence-electron chi connectivity index (χ1n) is 10.5. The van der Waals surface area contributed by atoms with E-state index in [0.717, 1.165) is 59.9 Å². The van der Waals surface area contributed by atoms with E-state index in [-0.39, 0.29) is 11.8 Å². The summed E-state index contributed by atoms with van der Waals surface area (Å²) in [5.74, 6) is 2.82. The van der Waals surface area contributed by atoms with Crippen LogP contribution in [-0.4, -0.2) is 37.9 Å². The van der Waals surface area contributed by atoms with Gasteiger partial charge in [-0.1, -0.05) is 6.07 Å².